The maximum atomic E-state index is 13.2. The molecular weight excluding hydrogens is 411 g/mol. The molecule has 0 atom stereocenters. The lowest BCUT2D eigenvalue weighted by atomic mass is 10.2. The van der Waals surface area contributed by atoms with E-state index in [1.165, 1.54) is 12.1 Å². The Bertz CT molecular complexity index is 982. The maximum absolute atomic E-state index is 13.2. The molecule has 0 radical (unpaired) electrons. The number of alkyl halides is 7. The van der Waals surface area contributed by atoms with Gasteiger partial charge in [-0.15, -0.1) is 28.2 Å². The van der Waals surface area contributed by atoms with Gasteiger partial charge in [-0.3, -0.25) is 0 Å². The van der Waals surface area contributed by atoms with Crippen LogP contribution in [-0.4, -0.2) is 21.4 Å². The van der Waals surface area contributed by atoms with Crippen LogP contribution in [0.4, 0.5) is 30.7 Å². The second-order valence-corrected chi connectivity index (χ2v) is 5.54. The van der Waals surface area contributed by atoms with Crippen molar-refractivity contribution in [3.8, 4) is 23.1 Å². The minimum absolute atomic E-state index is 0.0942. The molecule has 0 unspecified atom stereocenters. The van der Waals surface area contributed by atoms with Crippen molar-refractivity contribution in [2.75, 3.05) is 0 Å². The third-order valence-electron chi connectivity index (χ3n) is 3.45. The Kier molecular flexibility index (Phi) is 5.36. The summed E-state index contributed by atoms with van der Waals surface area (Å²) < 4.78 is 97.1. The van der Waals surface area contributed by atoms with Gasteiger partial charge in [0.2, 0.25) is 0 Å². The molecule has 0 aliphatic heterocycles. The van der Waals surface area contributed by atoms with Gasteiger partial charge in [0.25, 0.3) is 5.88 Å². The van der Waals surface area contributed by atoms with E-state index in [0.29, 0.717) is 0 Å². The first kappa shape index (κ1) is 20.4. The lowest BCUT2D eigenvalue weighted by Crippen LogP contribution is -2.17. The molecule has 12 heteroatoms. The fourth-order valence-electron chi connectivity index (χ4n) is 2.23. The highest BCUT2D eigenvalue weighted by Crippen LogP contribution is 2.31. The Morgan fingerprint density at radius 3 is 2.10 bits per heavy atom. The lowest BCUT2D eigenvalue weighted by molar-refractivity contribution is -0.274. The van der Waals surface area contributed by atoms with E-state index >= 15 is 0 Å². The van der Waals surface area contributed by atoms with Crippen molar-refractivity contribution in [3.63, 3.8) is 0 Å². The zero-order valence-electron chi connectivity index (χ0n) is 14.1. The van der Waals surface area contributed by atoms with Crippen molar-refractivity contribution in [2.24, 2.45) is 0 Å². The van der Waals surface area contributed by atoms with Crippen molar-refractivity contribution in [1.29, 1.82) is 0 Å². The van der Waals surface area contributed by atoms with Crippen LogP contribution in [0.2, 0.25) is 0 Å². The largest absolute Gasteiger partial charge is 0.573 e. The Balaban J connectivity index is 1.85. The van der Waals surface area contributed by atoms with Gasteiger partial charge < -0.3 is 9.47 Å². The predicted octanol–water partition coefficient (Wildman–Crippen LogP) is 5.45. The third-order valence-corrected chi connectivity index (χ3v) is 3.45. The van der Waals surface area contributed by atoms with Crippen molar-refractivity contribution >= 4 is 0 Å². The van der Waals surface area contributed by atoms with Crippen LogP contribution in [0.5, 0.6) is 17.4 Å². The van der Waals surface area contributed by atoms with E-state index in [4.69, 9.17) is 4.74 Å². The molecule has 0 bridgehead atoms. The summed E-state index contributed by atoms with van der Waals surface area (Å²) >= 11 is 0. The van der Waals surface area contributed by atoms with Gasteiger partial charge in [0.05, 0.1) is 11.3 Å². The van der Waals surface area contributed by atoms with Gasteiger partial charge in [0.15, 0.2) is 5.69 Å². The SMILES string of the molecule is FCc1nn(-c2ccc(C(F)(F)F)cc2)nc1Oc1cccc(OC(F)(F)F)c1. The first-order chi connectivity index (χ1) is 13.5. The van der Waals surface area contributed by atoms with Crippen LogP contribution in [0.15, 0.2) is 48.5 Å². The molecule has 0 N–H and O–H groups in total. The number of hydrogen-bond donors (Lipinski definition) is 0. The number of ether oxygens (including phenoxy) is 2. The van der Waals surface area contributed by atoms with Crippen LogP contribution >= 0.6 is 0 Å². The maximum Gasteiger partial charge on any atom is 0.573 e. The number of rotatable bonds is 5. The highest BCUT2D eigenvalue weighted by molar-refractivity contribution is 5.38. The van der Waals surface area contributed by atoms with Gasteiger partial charge in [-0.2, -0.15) is 13.2 Å². The molecule has 154 valence electrons. The minimum Gasteiger partial charge on any atom is -0.436 e. The van der Waals surface area contributed by atoms with Crippen LogP contribution in [0.25, 0.3) is 5.69 Å². The van der Waals surface area contributed by atoms with E-state index in [0.717, 1.165) is 41.2 Å². The molecule has 0 aliphatic rings. The number of nitrogens with zero attached hydrogens (tertiary/aromatic N) is 3. The molecule has 3 rings (SSSR count). The molecule has 0 saturated carbocycles. The second kappa shape index (κ2) is 7.60. The Labute approximate surface area is 158 Å². The van der Waals surface area contributed by atoms with Crippen LogP contribution < -0.4 is 9.47 Å². The lowest BCUT2D eigenvalue weighted by Gasteiger charge is -2.10. The first-order valence-corrected chi connectivity index (χ1v) is 7.78. The number of benzene rings is 2. The summed E-state index contributed by atoms with van der Waals surface area (Å²) in [7, 11) is 0. The second-order valence-electron chi connectivity index (χ2n) is 5.54. The molecule has 2 aromatic carbocycles. The fraction of sp³-hybridized carbons (Fsp3) is 0.176. The molecule has 29 heavy (non-hydrogen) atoms. The molecule has 0 fully saturated rings. The molecule has 0 spiro atoms. The van der Waals surface area contributed by atoms with E-state index < -0.39 is 30.5 Å². The van der Waals surface area contributed by atoms with Crippen LogP contribution in [0.1, 0.15) is 11.3 Å². The average molecular weight is 421 g/mol. The van der Waals surface area contributed by atoms with E-state index in [1.54, 1.807) is 0 Å². The number of halogens is 7. The van der Waals surface area contributed by atoms with E-state index in [1.807, 2.05) is 0 Å². The van der Waals surface area contributed by atoms with Crippen molar-refractivity contribution in [3.05, 3.63) is 59.8 Å². The molecular formula is C17H10F7N3O2. The monoisotopic (exact) mass is 421 g/mol. The number of hydrogen-bond acceptors (Lipinski definition) is 4. The zero-order chi connectivity index (χ0) is 21.2. The van der Waals surface area contributed by atoms with Crippen molar-refractivity contribution in [1.82, 2.24) is 15.0 Å². The highest BCUT2D eigenvalue weighted by Gasteiger charge is 2.31. The summed E-state index contributed by atoms with van der Waals surface area (Å²) in [4.78, 5) is 0.848. The van der Waals surface area contributed by atoms with Gasteiger partial charge in [-0.05, 0) is 36.4 Å². The summed E-state index contributed by atoms with van der Waals surface area (Å²) in [6, 6.07) is 8.19. The predicted molar refractivity (Wildman–Crippen MR) is 84.4 cm³/mol. The molecule has 1 aromatic heterocycles. The van der Waals surface area contributed by atoms with Crippen LogP contribution in [0, 0.1) is 0 Å². The van der Waals surface area contributed by atoms with Gasteiger partial charge in [-0.1, -0.05) is 6.07 Å². The van der Waals surface area contributed by atoms with Crippen LogP contribution in [0.3, 0.4) is 0 Å². The molecule has 1 heterocycles. The average Bonchev–Trinajstić information content (AvgIpc) is 3.03. The molecule has 0 saturated heterocycles. The summed E-state index contributed by atoms with van der Waals surface area (Å²) in [5.74, 6) is -1.07. The van der Waals surface area contributed by atoms with E-state index in [2.05, 4.69) is 14.9 Å². The Morgan fingerprint density at radius 1 is 0.862 bits per heavy atom. The van der Waals surface area contributed by atoms with Crippen molar-refractivity contribution < 1.29 is 40.2 Å². The molecule has 0 amide bonds. The quantitative estimate of drug-likeness (QED) is 0.515. The minimum atomic E-state index is -4.91. The van der Waals surface area contributed by atoms with Gasteiger partial charge in [0.1, 0.15) is 18.2 Å². The van der Waals surface area contributed by atoms with E-state index in [-0.39, 0.29) is 23.0 Å². The Morgan fingerprint density at radius 2 is 1.52 bits per heavy atom. The van der Waals surface area contributed by atoms with Crippen LogP contribution in [-0.2, 0) is 12.9 Å². The topological polar surface area (TPSA) is 49.2 Å². The first-order valence-electron chi connectivity index (χ1n) is 7.78. The van der Waals surface area contributed by atoms with Crippen molar-refractivity contribution in [2.45, 2.75) is 19.2 Å². The third kappa shape index (κ3) is 5.15. The normalized spacial score (nSPS) is 12.1. The van der Waals surface area contributed by atoms with Gasteiger partial charge >= 0.3 is 12.5 Å². The Hall–Kier alpha value is -3.31. The summed E-state index contributed by atoms with van der Waals surface area (Å²) in [6.45, 7) is -1.13. The highest BCUT2D eigenvalue weighted by atomic mass is 19.4. The summed E-state index contributed by atoms with van der Waals surface area (Å²) in [5, 5.41) is 7.62. The van der Waals surface area contributed by atoms with Gasteiger partial charge in [0, 0.05) is 6.07 Å². The molecule has 3 aromatic rings. The summed E-state index contributed by atoms with van der Waals surface area (Å²) in [5.41, 5.74) is -1.10. The van der Waals surface area contributed by atoms with E-state index in [9.17, 15) is 30.7 Å². The fourth-order valence-corrected chi connectivity index (χ4v) is 2.23. The molecule has 0 aliphatic carbocycles. The number of aromatic nitrogens is 3. The molecule has 5 nitrogen and oxygen atoms in total. The standard InChI is InChI=1S/C17H10F7N3O2/c18-9-14-15(28-12-2-1-3-13(8-12)29-17(22,23)24)26-27(25-14)11-6-4-10(5-7-11)16(19,20)21/h1-8H,9H2. The zero-order valence-corrected chi connectivity index (χ0v) is 14.1. The van der Waals surface area contributed by atoms with Gasteiger partial charge in [-0.25, -0.2) is 4.39 Å². The summed E-state index contributed by atoms with van der Waals surface area (Å²) in [6.07, 6.45) is -9.44. The smallest absolute Gasteiger partial charge is 0.436 e.